The maximum Gasteiger partial charge on any atom is 0.251 e. The summed E-state index contributed by atoms with van der Waals surface area (Å²) >= 11 is 1.45. The monoisotopic (exact) mass is 445 g/mol. The average molecular weight is 446 g/mol. The molecule has 2 atom stereocenters. The number of nitrogens with zero attached hydrogens (tertiary/aromatic N) is 1. The van der Waals surface area contributed by atoms with Gasteiger partial charge in [0.25, 0.3) is 5.91 Å². The highest BCUT2D eigenvalue weighted by Crippen LogP contribution is 2.35. The number of hydrogen-bond acceptors (Lipinski definition) is 8. The second kappa shape index (κ2) is 7.51. The van der Waals surface area contributed by atoms with Gasteiger partial charge in [-0.15, -0.1) is 0 Å². The van der Waals surface area contributed by atoms with Gasteiger partial charge in [0, 0.05) is 23.0 Å². The molecule has 0 radical (unpaired) electrons. The molecule has 5 rings (SSSR count). The summed E-state index contributed by atoms with van der Waals surface area (Å²) < 4.78 is 34.0. The van der Waals surface area contributed by atoms with E-state index in [0.717, 1.165) is 11.3 Å². The summed E-state index contributed by atoms with van der Waals surface area (Å²) in [6.07, 6.45) is 0. The Bertz CT molecular complexity index is 1150. The van der Waals surface area contributed by atoms with Gasteiger partial charge in [-0.2, -0.15) is 0 Å². The van der Waals surface area contributed by atoms with Crippen LogP contribution >= 0.6 is 11.8 Å². The zero-order chi connectivity index (χ0) is 20.7. The van der Waals surface area contributed by atoms with Crippen molar-refractivity contribution in [3.8, 4) is 11.5 Å². The summed E-state index contributed by atoms with van der Waals surface area (Å²) in [6, 6.07) is 12.5. The number of carbonyl (C=O) groups excluding carboxylic acids is 1. The Morgan fingerprint density at radius 1 is 1.13 bits per heavy atom. The van der Waals surface area contributed by atoms with Crippen molar-refractivity contribution in [1.82, 2.24) is 5.32 Å². The maximum atomic E-state index is 12.6. The Labute approximate surface area is 178 Å². The predicted octanol–water partition coefficient (Wildman–Crippen LogP) is 2.03. The quantitative estimate of drug-likeness (QED) is 0.742. The minimum Gasteiger partial charge on any atom is -0.454 e. The van der Waals surface area contributed by atoms with Gasteiger partial charge in [0.15, 0.2) is 26.5 Å². The lowest BCUT2D eigenvalue weighted by molar-refractivity contribution is 0.0951. The molecule has 2 N–H and O–H groups in total. The van der Waals surface area contributed by atoms with E-state index in [4.69, 9.17) is 9.47 Å². The van der Waals surface area contributed by atoms with E-state index in [1.807, 2.05) is 24.3 Å². The van der Waals surface area contributed by atoms with E-state index >= 15 is 0 Å². The number of sulfone groups is 1. The van der Waals surface area contributed by atoms with Crippen molar-refractivity contribution in [3.63, 3.8) is 0 Å². The Morgan fingerprint density at radius 3 is 2.87 bits per heavy atom. The van der Waals surface area contributed by atoms with E-state index in [9.17, 15) is 13.2 Å². The fourth-order valence-electron chi connectivity index (χ4n) is 3.61. The normalized spacial score (nSPS) is 23.0. The summed E-state index contributed by atoms with van der Waals surface area (Å²) in [5.74, 6) is 1.47. The van der Waals surface area contributed by atoms with Crippen molar-refractivity contribution in [2.75, 3.05) is 23.6 Å². The first-order valence-corrected chi connectivity index (χ1v) is 12.1. The molecular weight excluding hydrogens is 426 g/mol. The van der Waals surface area contributed by atoms with Gasteiger partial charge in [-0.05, 0) is 35.9 Å². The lowest BCUT2D eigenvalue weighted by atomic mass is 10.1. The molecule has 3 heterocycles. The van der Waals surface area contributed by atoms with Crippen LogP contribution in [0.5, 0.6) is 11.5 Å². The highest BCUT2D eigenvalue weighted by atomic mass is 32.2. The first kappa shape index (κ1) is 19.3. The number of aliphatic imine (C=N–C) groups is 1. The molecule has 156 valence electrons. The third-order valence-electron chi connectivity index (χ3n) is 5.08. The molecule has 1 amide bonds. The van der Waals surface area contributed by atoms with Crippen molar-refractivity contribution in [1.29, 1.82) is 0 Å². The minimum atomic E-state index is -2.98. The first-order chi connectivity index (χ1) is 14.4. The van der Waals surface area contributed by atoms with E-state index in [1.54, 1.807) is 18.2 Å². The number of amidine groups is 1. The number of hydrogen-bond donors (Lipinski definition) is 2. The maximum absolute atomic E-state index is 12.6. The second-order valence-corrected chi connectivity index (χ2v) is 10.7. The topological polar surface area (TPSA) is 106 Å². The van der Waals surface area contributed by atoms with Gasteiger partial charge in [0.2, 0.25) is 6.79 Å². The first-order valence-electron chi connectivity index (χ1n) is 9.44. The van der Waals surface area contributed by atoms with Crippen LogP contribution < -0.4 is 20.1 Å². The van der Waals surface area contributed by atoms with Crippen LogP contribution in [0.15, 0.2) is 47.5 Å². The van der Waals surface area contributed by atoms with Gasteiger partial charge >= 0.3 is 0 Å². The highest BCUT2D eigenvalue weighted by molar-refractivity contribution is 8.15. The van der Waals surface area contributed by atoms with Crippen molar-refractivity contribution >= 4 is 38.4 Å². The third-order valence-corrected chi connectivity index (χ3v) is 8.23. The molecule has 1 fully saturated rings. The Kier molecular flexibility index (Phi) is 4.82. The summed E-state index contributed by atoms with van der Waals surface area (Å²) in [5, 5.41) is 6.78. The molecule has 2 aromatic carbocycles. The molecule has 0 aliphatic carbocycles. The van der Waals surface area contributed by atoms with Crippen LogP contribution in [0.1, 0.15) is 15.9 Å². The molecule has 30 heavy (non-hydrogen) atoms. The van der Waals surface area contributed by atoms with E-state index < -0.39 is 9.84 Å². The minimum absolute atomic E-state index is 0.0225. The Morgan fingerprint density at radius 2 is 2.00 bits per heavy atom. The fraction of sp³-hybridized carbons (Fsp3) is 0.300. The number of nitrogens with one attached hydrogen (secondary N) is 2. The SMILES string of the molecule is O=C(NCc1ccc2c(c1)OCO2)c1cccc(NC2=N[C@@H]3CS(=O)(=O)C[C@@H]3S2)c1. The number of amides is 1. The lowest BCUT2D eigenvalue weighted by Crippen LogP contribution is -2.23. The van der Waals surface area contributed by atoms with Crippen LogP contribution in [0.3, 0.4) is 0 Å². The van der Waals surface area contributed by atoms with E-state index in [1.165, 1.54) is 11.8 Å². The fourth-order valence-corrected chi connectivity index (χ4v) is 7.29. The van der Waals surface area contributed by atoms with Crippen LogP contribution in [0, 0.1) is 0 Å². The standard InChI is InChI=1S/C20H19N3O5S2/c24-19(21-8-12-4-5-16-17(6-12)28-11-27-16)13-2-1-3-14(7-13)22-20-23-15-9-30(25,26)10-18(15)29-20/h1-7,15,18H,8-11H2,(H,21,24)(H,22,23)/t15-,18+/m1/s1. The molecule has 3 aliphatic heterocycles. The van der Waals surface area contributed by atoms with Crippen LogP contribution in [-0.2, 0) is 16.4 Å². The van der Waals surface area contributed by atoms with Crippen molar-refractivity contribution in [2.45, 2.75) is 17.8 Å². The molecule has 0 unspecified atom stereocenters. The summed E-state index contributed by atoms with van der Waals surface area (Å²) in [4.78, 5) is 17.1. The van der Waals surface area contributed by atoms with Gasteiger partial charge in [-0.1, -0.05) is 23.9 Å². The molecule has 0 aromatic heterocycles. The molecule has 0 bridgehead atoms. The molecule has 2 aromatic rings. The lowest BCUT2D eigenvalue weighted by Gasteiger charge is -2.10. The number of fused-ring (bicyclic) bond motifs is 2. The Hall–Kier alpha value is -2.72. The smallest absolute Gasteiger partial charge is 0.251 e. The molecule has 0 saturated carbocycles. The van der Waals surface area contributed by atoms with E-state index in [2.05, 4.69) is 15.6 Å². The summed E-state index contributed by atoms with van der Waals surface area (Å²) in [7, 11) is -2.98. The van der Waals surface area contributed by atoms with Crippen molar-refractivity contribution in [3.05, 3.63) is 53.6 Å². The zero-order valence-electron chi connectivity index (χ0n) is 15.8. The summed E-state index contributed by atoms with van der Waals surface area (Å²) in [5.41, 5.74) is 2.17. The van der Waals surface area contributed by atoms with Gasteiger partial charge in [-0.3, -0.25) is 9.79 Å². The number of anilines is 1. The number of rotatable bonds is 4. The van der Waals surface area contributed by atoms with Crippen molar-refractivity contribution in [2.24, 2.45) is 4.99 Å². The van der Waals surface area contributed by atoms with E-state index in [0.29, 0.717) is 28.8 Å². The average Bonchev–Trinajstić information content (AvgIpc) is 3.38. The zero-order valence-corrected chi connectivity index (χ0v) is 17.5. The number of carbonyl (C=O) groups is 1. The van der Waals surface area contributed by atoms with Crippen molar-refractivity contribution < 1.29 is 22.7 Å². The Balaban J connectivity index is 1.21. The van der Waals surface area contributed by atoms with Crippen LogP contribution in [0.4, 0.5) is 5.69 Å². The van der Waals surface area contributed by atoms with Gasteiger partial charge < -0.3 is 20.1 Å². The summed E-state index contributed by atoms with van der Waals surface area (Å²) in [6.45, 7) is 0.583. The highest BCUT2D eigenvalue weighted by Gasteiger charge is 2.42. The molecule has 0 spiro atoms. The van der Waals surface area contributed by atoms with Crippen LogP contribution in [0.25, 0.3) is 0 Å². The number of thioether (sulfide) groups is 1. The molecule has 8 nitrogen and oxygen atoms in total. The predicted molar refractivity (Wildman–Crippen MR) is 115 cm³/mol. The largest absolute Gasteiger partial charge is 0.454 e. The third kappa shape index (κ3) is 3.97. The molecule has 10 heteroatoms. The molecule has 1 saturated heterocycles. The molecule has 3 aliphatic rings. The molecular formula is C20H19N3O5S2. The second-order valence-electron chi connectivity index (χ2n) is 7.31. The number of benzene rings is 2. The number of ether oxygens (including phenoxy) is 2. The van der Waals surface area contributed by atoms with Crippen LogP contribution in [-0.4, -0.2) is 49.1 Å². The van der Waals surface area contributed by atoms with Crippen LogP contribution in [0.2, 0.25) is 0 Å². The van der Waals surface area contributed by atoms with Gasteiger partial charge in [0.05, 0.1) is 17.5 Å². The van der Waals surface area contributed by atoms with Gasteiger partial charge in [-0.25, -0.2) is 8.42 Å². The van der Waals surface area contributed by atoms with E-state index in [-0.39, 0.29) is 35.5 Å². The van der Waals surface area contributed by atoms with Gasteiger partial charge in [0.1, 0.15) is 0 Å².